The van der Waals surface area contributed by atoms with E-state index in [0.717, 1.165) is 16.1 Å². The molecule has 1 fully saturated rings. The number of hydrogen-bond acceptors (Lipinski definition) is 3. The van der Waals surface area contributed by atoms with Crippen LogP contribution in [0.1, 0.15) is 45.3 Å². The van der Waals surface area contributed by atoms with Gasteiger partial charge in [-0.2, -0.15) is 0 Å². The van der Waals surface area contributed by atoms with Crippen LogP contribution in [0.2, 0.25) is 0 Å². The fraction of sp³-hybridized carbons (Fsp3) is 0.333. The number of nitrogens with zero attached hydrogens (tertiary/aromatic N) is 1. The van der Waals surface area contributed by atoms with Gasteiger partial charge in [0.1, 0.15) is 5.01 Å². The van der Waals surface area contributed by atoms with Crippen LogP contribution in [0.3, 0.4) is 0 Å². The quantitative estimate of drug-likeness (QED) is 0.931. The molecular formula is C15H16N2OS. The Morgan fingerprint density at radius 1 is 1.37 bits per heavy atom. The fourth-order valence-electron chi connectivity index (χ4n) is 2.39. The summed E-state index contributed by atoms with van der Waals surface area (Å²) >= 11 is 1.71. The molecule has 4 heteroatoms. The first-order valence-electron chi connectivity index (χ1n) is 6.45. The largest absolute Gasteiger partial charge is 0.366 e. The number of carbonyl (C=O) groups excluding carboxylic acids is 1. The van der Waals surface area contributed by atoms with Gasteiger partial charge in [-0.3, -0.25) is 4.79 Å². The van der Waals surface area contributed by atoms with Crippen LogP contribution in [0.25, 0.3) is 10.6 Å². The number of hydrogen-bond donors (Lipinski definition) is 1. The summed E-state index contributed by atoms with van der Waals surface area (Å²) in [4.78, 5) is 17.5. The first kappa shape index (κ1) is 12.4. The maximum Gasteiger partial charge on any atom is 0.248 e. The second-order valence-corrected chi connectivity index (χ2v) is 6.28. The Morgan fingerprint density at radius 3 is 2.74 bits per heavy atom. The third-order valence-electron chi connectivity index (χ3n) is 3.63. The highest BCUT2D eigenvalue weighted by Crippen LogP contribution is 2.44. The molecule has 1 amide bonds. The molecule has 0 radical (unpaired) electrons. The predicted molar refractivity (Wildman–Crippen MR) is 77.5 cm³/mol. The number of thiazole rings is 1. The summed E-state index contributed by atoms with van der Waals surface area (Å²) in [6, 6.07) is 5.65. The van der Waals surface area contributed by atoms with E-state index in [1.165, 1.54) is 23.4 Å². The van der Waals surface area contributed by atoms with E-state index in [-0.39, 0.29) is 5.91 Å². The Hall–Kier alpha value is -1.68. The molecule has 0 saturated heterocycles. The van der Waals surface area contributed by atoms with Crippen LogP contribution in [-0.2, 0) is 0 Å². The van der Waals surface area contributed by atoms with Crippen molar-refractivity contribution in [1.29, 1.82) is 0 Å². The lowest BCUT2D eigenvalue weighted by molar-refractivity contribution is 0.1000. The summed E-state index contributed by atoms with van der Waals surface area (Å²) < 4.78 is 0. The van der Waals surface area contributed by atoms with Gasteiger partial charge < -0.3 is 5.73 Å². The predicted octanol–water partition coefficient (Wildman–Crippen LogP) is 3.40. The van der Waals surface area contributed by atoms with Crippen LogP contribution in [0, 0.1) is 13.8 Å². The monoisotopic (exact) mass is 272 g/mol. The number of carbonyl (C=O) groups is 1. The van der Waals surface area contributed by atoms with Gasteiger partial charge in [0.25, 0.3) is 0 Å². The maximum absolute atomic E-state index is 11.4. The highest BCUT2D eigenvalue weighted by molar-refractivity contribution is 7.15. The van der Waals surface area contributed by atoms with Gasteiger partial charge in [0, 0.05) is 21.9 Å². The normalized spacial score (nSPS) is 14.6. The number of aryl methyl sites for hydroxylation is 1. The third kappa shape index (κ3) is 2.16. The van der Waals surface area contributed by atoms with E-state index in [1.54, 1.807) is 17.4 Å². The number of benzene rings is 1. The smallest absolute Gasteiger partial charge is 0.248 e. The summed E-state index contributed by atoms with van der Waals surface area (Å²) in [6.45, 7) is 4.06. The molecule has 1 aliphatic carbocycles. The van der Waals surface area contributed by atoms with Crippen LogP contribution in [0.4, 0.5) is 0 Å². The zero-order valence-corrected chi connectivity index (χ0v) is 11.9. The fourth-order valence-corrected chi connectivity index (χ4v) is 3.48. The molecule has 98 valence electrons. The molecule has 2 aromatic rings. The van der Waals surface area contributed by atoms with Crippen molar-refractivity contribution < 1.29 is 4.79 Å². The Labute approximate surface area is 116 Å². The van der Waals surface area contributed by atoms with E-state index in [4.69, 9.17) is 10.7 Å². The van der Waals surface area contributed by atoms with Crippen LogP contribution in [0.15, 0.2) is 18.2 Å². The van der Waals surface area contributed by atoms with Gasteiger partial charge in [-0.25, -0.2) is 4.98 Å². The third-order valence-corrected chi connectivity index (χ3v) is 4.65. The van der Waals surface area contributed by atoms with E-state index < -0.39 is 0 Å². The molecule has 3 rings (SSSR count). The number of rotatable bonds is 3. The maximum atomic E-state index is 11.4. The number of nitrogens with two attached hydrogens (primary N) is 1. The van der Waals surface area contributed by atoms with Crippen molar-refractivity contribution in [3.63, 3.8) is 0 Å². The van der Waals surface area contributed by atoms with Gasteiger partial charge in [-0.15, -0.1) is 11.3 Å². The average molecular weight is 272 g/mol. The van der Waals surface area contributed by atoms with Crippen molar-refractivity contribution >= 4 is 17.2 Å². The highest BCUT2D eigenvalue weighted by Gasteiger charge is 2.28. The zero-order valence-electron chi connectivity index (χ0n) is 11.1. The van der Waals surface area contributed by atoms with Crippen LogP contribution >= 0.6 is 11.3 Å². The number of amides is 1. The summed E-state index contributed by atoms with van der Waals surface area (Å²) in [6.07, 6.45) is 2.51. The molecule has 19 heavy (non-hydrogen) atoms. The first-order chi connectivity index (χ1) is 9.08. The molecule has 1 heterocycles. The Kier molecular flexibility index (Phi) is 2.90. The Bertz CT molecular complexity index is 656. The molecule has 0 unspecified atom stereocenters. The second-order valence-electron chi connectivity index (χ2n) is 5.08. The standard InChI is InChI=1S/C15H16N2OS/c1-8-11(14(16)18)4-3-5-12(8)15-17-13(9(2)19-15)10-6-7-10/h3-5,10H,6-7H2,1-2H3,(H2,16,18). The zero-order chi connectivity index (χ0) is 13.6. The summed E-state index contributed by atoms with van der Waals surface area (Å²) in [5.74, 6) is 0.277. The lowest BCUT2D eigenvalue weighted by atomic mass is 10.0. The molecule has 1 aromatic carbocycles. The summed E-state index contributed by atoms with van der Waals surface area (Å²) in [5.41, 5.74) is 9.17. The van der Waals surface area contributed by atoms with Crippen molar-refractivity contribution in [3.8, 4) is 10.6 Å². The minimum absolute atomic E-state index is 0.380. The van der Waals surface area contributed by atoms with E-state index in [2.05, 4.69) is 6.92 Å². The number of primary amides is 1. The minimum atomic E-state index is -0.380. The van der Waals surface area contributed by atoms with E-state index in [0.29, 0.717) is 11.5 Å². The van der Waals surface area contributed by atoms with Crippen molar-refractivity contribution in [2.45, 2.75) is 32.6 Å². The molecule has 1 aromatic heterocycles. The summed E-state index contributed by atoms with van der Waals surface area (Å²) in [7, 11) is 0. The molecule has 0 spiro atoms. The van der Waals surface area contributed by atoms with Crippen molar-refractivity contribution in [3.05, 3.63) is 39.9 Å². The van der Waals surface area contributed by atoms with Crippen molar-refractivity contribution in [1.82, 2.24) is 4.98 Å². The van der Waals surface area contributed by atoms with Crippen LogP contribution in [0.5, 0.6) is 0 Å². The van der Waals surface area contributed by atoms with E-state index in [1.807, 2.05) is 19.1 Å². The average Bonchev–Trinajstić information content (AvgIpc) is 3.13. The minimum Gasteiger partial charge on any atom is -0.366 e. The van der Waals surface area contributed by atoms with Gasteiger partial charge in [0.15, 0.2) is 0 Å². The van der Waals surface area contributed by atoms with Crippen LogP contribution in [-0.4, -0.2) is 10.9 Å². The lowest BCUT2D eigenvalue weighted by Crippen LogP contribution is -2.12. The van der Waals surface area contributed by atoms with Gasteiger partial charge in [-0.1, -0.05) is 12.1 Å². The van der Waals surface area contributed by atoms with E-state index >= 15 is 0 Å². The van der Waals surface area contributed by atoms with Gasteiger partial charge >= 0.3 is 0 Å². The SMILES string of the molecule is Cc1sc(-c2cccc(C(N)=O)c2C)nc1C1CC1. The molecule has 2 N–H and O–H groups in total. The Balaban J connectivity index is 2.09. The topological polar surface area (TPSA) is 56.0 Å². The van der Waals surface area contributed by atoms with Gasteiger partial charge in [0.2, 0.25) is 5.91 Å². The molecule has 3 nitrogen and oxygen atoms in total. The van der Waals surface area contributed by atoms with Gasteiger partial charge in [-0.05, 0) is 38.3 Å². The Morgan fingerprint density at radius 2 is 2.11 bits per heavy atom. The first-order valence-corrected chi connectivity index (χ1v) is 7.26. The molecule has 1 saturated carbocycles. The van der Waals surface area contributed by atoms with Crippen molar-refractivity contribution in [2.75, 3.05) is 0 Å². The highest BCUT2D eigenvalue weighted by atomic mass is 32.1. The summed E-state index contributed by atoms with van der Waals surface area (Å²) in [5, 5.41) is 1.00. The molecule has 0 bridgehead atoms. The molecule has 0 atom stereocenters. The molecule has 1 aliphatic rings. The van der Waals surface area contributed by atoms with E-state index in [9.17, 15) is 4.79 Å². The van der Waals surface area contributed by atoms with Gasteiger partial charge in [0.05, 0.1) is 5.69 Å². The molecule has 0 aliphatic heterocycles. The number of aromatic nitrogens is 1. The molecular weight excluding hydrogens is 256 g/mol. The second kappa shape index (κ2) is 4.46. The van der Waals surface area contributed by atoms with Crippen molar-refractivity contribution in [2.24, 2.45) is 5.73 Å². The lowest BCUT2D eigenvalue weighted by Gasteiger charge is -2.06. The van der Waals surface area contributed by atoms with Crippen LogP contribution < -0.4 is 5.73 Å².